The predicted molar refractivity (Wildman–Crippen MR) is 83.2 cm³/mol. The van der Waals surface area contributed by atoms with Crippen molar-refractivity contribution in [2.75, 3.05) is 6.61 Å². The highest BCUT2D eigenvalue weighted by Crippen LogP contribution is 2.28. The van der Waals surface area contributed by atoms with Crippen molar-refractivity contribution in [3.05, 3.63) is 52.7 Å². The van der Waals surface area contributed by atoms with E-state index in [4.69, 9.17) is 4.74 Å². The van der Waals surface area contributed by atoms with Crippen LogP contribution in [0.3, 0.4) is 0 Å². The number of nitrogens with zero attached hydrogens (tertiary/aromatic N) is 2. The minimum Gasteiger partial charge on any atom is -0.506 e. The van der Waals surface area contributed by atoms with Crippen LogP contribution in [0.15, 0.2) is 41.6 Å². The SMILES string of the molecule is CCOC(=O)c1c(O)c2cc(-c3ccncc3)cnc2[nH]c1=O. The van der Waals surface area contributed by atoms with Gasteiger partial charge in [0.2, 0.25) is 0 Å². The Morgan fingerprint density at radius 3 is 2.74 bits per heavy atom. The van der Waals surface area contributed by atoms with E-state index in [9.17, 15) is 14.7 Å². The zero-order valence-corrected chi connectivity index (χ0v) is 12.2. The number of carbonyl (C=O) groups is 1. The van der Waals surface area contributed by atoms with Crippen molar-refractivity contribution in [3.8, 4) is 16.9 Å². The van der Waals surface area contributed by atoms with Crippen LogP contribution in [-0.4, -0.2) is 32.6 Å². The summed E-state index contributed by atoms with van der Waals surface area (Å²) in [7, 11) is 0. The number of aromatic hydroxyl groups is 1. The molecule has 3 aromatic heterocycles. The summed E-state index contributed by atoms with van der Waals surface area (Å²) < 4.78 is 4.81. The predicted octanol–water partition coefficient (Wildman–Crippen LogP) is 1.87. The number of hydrogen-bond acceptors (Lipinski definition) is 6. The average Bonchev–Trinajstić information content (AvgIpc) is 2.56. The van der Waals surface area contributed by atoms with Crippen LogP contribution >= 0.6 is 0 Å². The highest BCUT2D eigenvalue weighted by Gasteiger charge is 2.21. The van der Waals surface area contributed by atoms with Gasteiger partial charge in [-0.25, -0.2) is 9.78 Å². The summed E-state index contributed by atoms with van der Waals surface area (Å²) in [4.78, 5) is 34.4. The number of nitrogens with one attached hydrogen (secondary N) is 1. The van der Waals surface area contributed by atoms with Gasteiger partial charge in [0.25, 0.3) is 5.56 Å². The van der Waals surface area contributed by atoms with E-state index < -0.39 is 22.8 Å². The quantitative estimate of drug-likeness (QED) is 0.715. The van der Waals surface area contributed by atoms with Crippen LogP contribution in [0, 0.1) is 0 Å². The molecule has 0 fully saturated rings. The van der Waals surface area contributed by atoms with Crippen molar-refractivity contribution in [1.29, 1.82) is 0 Å². The van der Waals surface area contributed by atoms with E-state index in [0.29, 0.717) is 0 Å². The number of fused-ring (bicyclic) bond motifs is 1. The number of esters is 1. The molecule has 3 heterocycles. The van der Waals surface area contributed by atoms with Crippen LogP contribution in [-0.2, 0) is 4.74 Å². The number of aromatic nitrogens is 3. The van der Waals surface area contributed by atoms with Crippen molar-refractivity contribution >= 4 is 17.0 Å². The molecule has 3 rings (SSSR count). The Balaban J connectivity index is 2.22. The maximum absolute atomic E-state index is 12.0. The summed E-state index contributed by atoms with van der Waals surface area (Å²) >= 11 is 0. The lowest BCUT2D eigenvalue weighted by molar-refractivity contribution is 0.0521. The van der Waals surface area contributed by atoms with Gasteiger partial charge in [-0.2, -0.15) is 0 Å². The van der Waals surface area contributed by atoms with Crippen LogP contribution in [0.25, 0.3) is 22.2 Å². The van der Waals surface area contributed by atoms with Crippen molar-refractivity contribution in [2.24, 2.45) is 0 Å². The van der Waals surface area contributed by atoms with Crippen LogP contribution in [0.1, 0.15) is 17.3 Å². The number of rotatable bonds is 3. The molecule has 116 valence electrons. The van der Waals surface area contributed by atoms with Gasteiger partial charge in [-0.05, 0) is 30.7 Å². The summed E-state index contributed by atoms with van der Waals surface area (Å²) in [5.74, 6) is -1.31. The average molecular weight is 311 g/mol. The van der Waals surface area contributed by atoms with E-state index in [0.717, 1.165) is 11.1 Å². The molecule has 3 aromatic rings. The Kier molecular flexibility index (Phi) is 3.76. The van der Waals surface area contributed by atoms with Gasteiger partial charge in [0.1, 0.15) is 11.4 Å². The molecule has 0 radical (unpaired) electrons. The van der Waals surface area contributed by atoms with Crippen LogP contribution in [0.5, 0.6) is 5.75 Å². The summed E-state index contributed by atoms with van der Waals surface area (Å²) in [6.45, 7) is 1.72. The first kappa shape index (κ1) is 14.7. The Hall–Kier alpha value is -3.22. The van der Waals surface area contributed by atoms with E-state index in [1.54, 1.807) is 43.7 Å². The first-order valence-corrected chi connectivity index (χ1v) is 6.94. The Morgan fingerprint density at radius 1 is 1.30 bits per heavy atom. The van der Waals surface area contributed by atoms with Crippen LogP contribution < -0.4 is 5.56 Å². The fourth-order valence-corrected chi connectivity index (χ4v) is 2.25. The molecule has 0 aliphatic carbocycles. The van der Waals surface area contributed by atoms with Crippen molar-refractivity contribution < 1.29 is 14.6 Å². The normalized spacial score (nSPS) is 10.7. The molecule has 0 aliphatic rings. The van der Waals surface area contributed by atoms with E-state index >= 15 is 0 Å². The van der Waals surface area contributed by atoms with E-state index in [-0.39, 0.29) is 17.6 Å². The van der Waals surface area contributed by atoms with Gasteiger partial charge >= 0.3 is 5.97 Å². The number of H-pyrrole nitrogens is 1. The second-order valence-corrected chi connectivity index (χ2v) is 4.75. The lowest BCUT2D eigenvalue weighted by atomic mass is 10.1. The molecule has 23 heavy (non-hydrogen) atoms. The summed E-state index contributed by atoms with van der Waals surface area (Å²) in [6.07, 6.45) is 4.84. The molecule has 0 atom stereocenters. The molecule has 0 bridgehead atoms. The maximum atomic E-state index is 12.0. The standard InChI is InChI=1S/C16H13N3O4/c1-2-23-16(22)12-13(20)11-7-10(9-3-5-17-6-4-9)8-18-14(11)19-15(12)21/h3-8H,2H2,1H3,(H2,18,19,20,21). The molecule has 2 N–H and O–H groups in total. The van der Waals surface area contributed by atoms with E-state index in [1.165, 1.54) is 0 Å². The van der Waals surface area contributed by atoms with Gasteiger partial charge in [0.05, 0.1) is 12.0 Å². The second kappa shape index (κ2) is 5.88. The van der Waals surface area contributed by atoms with Gasteiger partial charge in [0, 0.05) is 24.2 Å². The zero-order chi connectivity index (χ0) is 16.4. The molecule has 7 nitrogen and oxygen atoms in total. The zero-order valence-electron chi connectivity index (χ0n) is 12.2. The largest absolute Gasteiger partial charge is 0.506 e. The fourth-order valence-electron chi connectivity index (χ4n) is 2.25. The van der Waals surface area contributed by atoms with Gasteiger partial charge < -0.3 is 14.8 Å². The van der Waals surface area contributed by atoms with Crippen molar-refractivity contribution in [3.63, 3.8) is 0 Å². The summed E-state index contributed by atoms with van der Waals surface area (Å²) in [6, 6.07) is 5.22. The second-order valence-electron chi connectivity index (χ2n) is 4.75. The lowest BCUT2D eigenvalue weighted by Gasteiger charge is -2.08. The van der Waals surface area contributed by atoms with E-state index in [1.807, 2.05) is 0 Å². The van der Waals surface area contributed by atoms with Crippen molar-refractivity contribution in [2.45, 2.75) is 6.92 Å². The minimum atomic E-state index is -0.873. The third-order valence-electron chi connectivity index (χ3n) is 3.33. The van der Waals surface area contributed by atoms with Crippen LogP contribution in [0.4, 0.5) is 0 Å². The Morgan fingerprint density at radius 2 is 2.04 bits per heavy atom. The first-order chi connectivity index (χ1) is 11.1. The Bertz CT molecular complexity index is 935. The molecule has 0 saturated carbocycles. The van der Waals surface area contributed by atoms with E-state index in [2.05, 4.69) is 15.0 Å². The summed E-state index contributed by atoms with van der Waals surface area (Å²) in [5, 5.41) is 10.6. The molecule has 7 heteroatoms. The number of pyridine rings is 3. The lowest BCUT2D eigenvalue weighted by Crippen LogP contribution is -2.20. The highest BCUT2D eigenvalue weighted by atomic mass is 16.5. The molecule has 0 aliphatic heterocycles. The molecular weight excluding hydrogens is 298 g/mol. The molecule has 0 spiro atoms. The smallest absolute Gasteiger partial charge is 0.347 e. The monoisotopic (exact) mass is 311 g/mol. The summed E-state index contributed by atoms with van der Waals surface area (Å²) in [5.41, 5.74) is 0.596. The van der Waals surface area contributed by atoms with Gasteiger partial charge in [0.15, 0.2) is 5.56 Å². The number of ether oxygens (including phenoxy) is 1. The van der Waals surface area contributed by atoms with Gasteiger partial charge in [-0.3, -0.25) is 9.78 Å². The van der Waals surface area contributed by atoms with Gasteiger partial charge in [-0.15, -0.1) is 0 Å². The van der Waals surface area contributed by atoms with Gasteiger partial charge in [-0.1, -0.05) is 0 Å². The number of carbonyl (C=O) groups excluding carboxylic acids is 1. The molecule has 0 unspecified atom stereocenters. The maximum Gasteiger partial charge on any atom is 0.347 e. The minimum absolute atomic E-state index is 0.102. The number of hydrogen-bond donors (Lipinski definition) is 2. The number of aromatic amines is 1. The molecule has 0 saturated heterocycles. The first-order valence-electron chi connectivity index (χ1n) is 6.94. The molecular formula is C16H13N3O4. The highest BCUT2D eigenvalue weighted by molar-refractivity contribution is 5.99. The van der Waals surface area contributed by atoms with Crippen molar-refractivity contribution in [1.82, 2.24) is 15.0 Å². The fraction of sp³-hybridized carbons (Fsp3) is 0.125. The van der Waals surface area contributed by atoms with Crippen LogP contribution in [0.2, 0.25) is 0 Å². The third-order valence-corrected chi connectivity index (χ3v) is 3.33. The Labute approximate surface area is 130 Å². The topological polar surface area (TPSA) is 105 Å². The molecule has 0 amide bonds. The third kappa shape index (κ3) is 2.64. The molecule has 0 aromatic carbocycles.